The van der Waals surface area contributed by atoms with Gasteiger partial charge in [0.15, 0.2) is 6.10 Å². The van der Waals surface area contributed by atoms with Crippen molar-refractivity contribution in [1.82, 2.24) is 10.3 Å². The van der Waals surface area contributed by atoms with Crippen LogP contribution in [-0.2, 0) is 20.5 Å². The third-order valence-electron chi connectivity index (χ3n) is 6.44. The van der Waals surface area contributed by atoms with Crippen molar-refractivity contribution in [1.29, 1.82) is 0 Å². The topological polar surface area (TPSA) is 71.5 Å². The van der Waals surface area contributed by atoms with Gasteiger partial charge in [0.05, 0.1) is 17.5 Å². The number of esters is 1. The van der Waals surface area contributed by atoms with Crippen molar-refractivity contribution in [2.24, 2.45) is 5.92 Å². The van der Waals surface area contributed by atoms with Crippen LogP contribution >= 0.6 is 0 Å². The summed E-state index contributed by atoms with van der Waals surface area (Å²) in [6, 6.07) is 21.0. The first-order chi connectivity index (χ1) is 17.7. The Morgan fingerprint density at radius 2 is 1.51 bits per heavy atom. The molecule has 0 aliphatic carbocycles. The number of anilines is 1. The molecule has 2 aromatic carbocycles. The van der Waals surface area contributed by atoms with E-state index < -0.39 is 41.7 Å². The van der Waals surface area contributed by atoms with Gasteiger partial charge in [-0.1, -0.05) is 60.7 Å². The largest absolute Gasteiger partial charge is 0.452 e. The van der Waals surface area contributed by atoms with Gasteiger partial charge >= 0.3 is 12.1 Å². The number of alkyl halides is 3. The predicted molar refractivity (Wildman–Crippen MR) is 133 cm³/mol. The molecular formula is C28H28F3N3O3. The van der Waals surface area contributed by atoms with Crippen molar-refractivity contribution in [2.75, 3.05) is 18.0 Å². The second kappa shape index (κ2) is 11.5. The number of ether oxygens (including phenoxy) is 1. The van der Waals surface area contributed by atoms with Crippen molar-refractivity contribution in [3.63, 3.8) is 0 Å². The van der Waals surface area contributed by atoms with Crippen LogP contribution in [0, 0.1) is 5.92 Å². The zero-order chi connectivity index (χ0) is 26.4. The van der Waals surface area contributed by atoms with E-state index in [0.717, 1.165) is 23.4 Å². The lowest BCUT2D eigenvalue weighted by molar-refractivity contribution is -0.159. The fraction of sp³-hybridized carbons (Fsp3) is 0.321. The molecule has 9 heteroatoms. The summed E-state index contributed by atoms with van der Waals surface area (Å²) in [7, 11) is 0. The van der Waals surface area contributed by atoms with Crippen LogP contribution in [0.15, 0.2) is 79.0 Å². The lowest BCUT2D eigenvalue weighted by Crippen LogP contribution is -2.41. The van der Waals surface area contributed by atoms with Crippen LogP contribution < -0.4 is 10.2 Å². The van der Waals surface area contributed by atoms with Gasteiger partial charge in [-0.3, -0.25) is 9.59 Å². The van der Waals surface area contributed by atoms with Crippen molar-refractivity contribution in [3.8, 4) is 0 Å². The van der Waals surface area contributed by atoms with E-state index in [1.165, 1.54) is 6.07 Å². The number of benzene rings is 2. The fourth-order valence-electron chi connectivity index (χ4n) is 4.32. The molecule has 1 amide bonds. The third-order valence-corrected chi connectivity index (χ3v) is 6.44. The molecule has 1 atom stereocenters. The van der Waals surface area contributed by atoms with Crippen LogP contribution in [0.2, 0.25) is 0 Å². The molecule has 1 fully saturated rings. The zero-order valence-corrected chi connectivity index (χ0v) is 20.3. The lowest BCUT2D eigenvalue weighted by Gasteiger charge is -2.32. The average Bonchev–Trinajstić information content (AvgIpc) is 2.92. The first-order valence-corrected chi connectivity index (χ1v) is 12.1. The molecule has 0 spiro atoms. The Kier molecular flexibility index (Phi) is 8.11. The zero-order valence-electron chi connectivity index (χ0n) is 20.3. The quantitative estimate of drug-likeness (QED) is 0.444. The van der Waals surface area contributed by atoms with E-state index in [-0.39, 0.29) is 0 Å². The van der Waals surface area contributed by atoms with Gasteiger partial charge in [-0.2, -0.15) is 13.2 Å². The van der Waals surface area contributed by atoms with Crippen LogP contribution in [-0.4, -0.2) is 36.1 Å². The van der Waals surface area contributed by atoms with Gasteiger partial charge < -0.3 is 15.0 Å². The molecule has 1 N–H and O–H groups in total. The van der Waals surface area contributed by atoms with Crippen molar-refractivity contribution < 1.29 is 27.5 Å². The Labute approximate surface area is 213 Å². The van der Waals surface area contributed by atoms with E-state index in [0.29, 0.717) is 31.7 Å². The van der Waals surface area contributed by atoms with Gasteiger partial charge in [-0.15, -0.1) is 0 Å². The lowest BCUT2D eigenvalue weighted by atomic mass is 9.97. The summed E-state index contributed by atoms with van der Waals surface area (Å²) in [5.41, 5.74) is 1.01. The monoisotopic (exact) mass is 511 g/mol. The minimum atomic E-state index is -4.44. The Morgan fingerprint density at radius 3 is 2.00 bits per heavy atom. The third kappa shape index (κ3) is 6.67. The summed E-state index contributed by atoms with van der Waals surface area (Å²) >= 11 is 0. The van der Waals surface area contributed by atoms with Crippen LogP contribution in [0.5, 0.6) is 0 Å². The number of amides is 1. The minimum absolute atomic E-state index is 0.393. The first kappa shape index (κ1) is 26.2. The average molecular weight is 512 g/mol. The van der Waals surface area contributed by atoms with E-state index in [2.05, 4.69) is 10.3 Å². The molecule has 1 aromatic heterocycles. The molecule has 0 saturated carbocycles. The molecule has 6 nitrogen and oxygen atoms in total. The molecular weight excluding hydrogens is 483 g/mol. The number of nitrogens with zero attached hydrogens (tertiary/aromatic N) is 2. The van der Waals surface area contributed by atoms with Crippen LogP contribution in [0.4, 0.5) is 19.0 Å². The predicted octanol–water partition coefficient (Wildman–Crippen LogP) is 5.15. The van der Waals surface area contributed by atoms with E-state index in [4.69, 9.17) is 4.74 Å². The maximum Gasteiger partial charge on any atom is 0.417 e. The van der Waals surface area contributed by atoms with Gasteiger partial charge in [-0.05, 0) is 43.0 Å². The number of piperidine rings is 1. The number of hydrogen-bond donors (Lipinski definition) is 1. The van der Waals surface area contributed by atoms with Gasteiger partial charge in [0, 0.05) is 19.3 Å². The second-order valence-corrected chi connectivity index (χ2v) is 9.01. The van der Waals surface area contributed by atoms with Gasteiger partial charge in [0.2, 0.25) is 0 Å². The number of nitrogens with one attached hydrogen (secondary N) is 1. The van der Waals surface area contributed by atoms with Crippen LogP contribution in [0.3, 0.4) is 0 Å². The second-order valence-electron chi connectivity index (χ2n) is 9.01. The maximum atomic E-state index is 13.0. The number of halogens is 3. The molecule has 1 saturated heterocycles. The molecule has 2 heterocycles. The van der Waals surface area contributed by atoms with Crippen LogP contribution in [0.1, 0.15) is 42.5 Å². The highest BCUT2D eigenvalue weighted by molar-refractivity contribution is 5.84. The summed E-state index contributed by atoms with van der Waals surface area (Å²) in [5.74, 6) is -0.837. The highest BCUT2D eigenvalue weighted by atomic mass is 19.4. The first-order valence-electron chi connectivity index (χ1n) is 12.1. The molecule has 1 aliphatic heterocycles. The van der Waals surface area contributed by atoms with E-state index in [1.807, 2.05) is 65.6 Å². The van der Waals surface area contributed by atoms with Gasteiger partial charge in [-0.25, -0.2) is 4.98 Å². The SMILES string of the molecule is C[C@@H](OC(=O)C1CCN(c2ccc(C(F)(F)F)cn2)CC1)C(=O)NC(c1ccccc1)c1ccccc1. The molecule has 0 radical (unpaired) electrons. The number of pyridine rings is 1. The molecule has 3 aromatic rings. The van der Waals surface area contributed by atoms with Crippen molar-refractivity contribution in [2.45, 2.75) is 38.1 Å². The van der Waals surface area contributed by atoms with Crippen LogP contribution in [0.25, 0.3) is 0 Å². The molecule has 194 valence electrons. The highest BCUT2D eigenvalue weighted by Crippen LogP contribution is 2.30. The summed E-state index contributed by atoms with van der Waals surface area (Å²) in [4.78, 5) is 31.5. The van der Waals surface area contributed by atoms with E-state index >= 15 is 0 Å². The Bertz CT molecular complexity index is 1140. The number of carbonyl (C=O) groups is 2. The summed E-state index contributed by atoms with van der Waals surface area (Å²) in [6.45, 7) is 2.44. The van der Waals surface area contributed by atoms with E-state index in [1.54, 1.807) is 6.92 Å². The van der Waals surface area contributed by atoms with E-state index in [9.17, 15) is 22.8 Å². The van der Waals surface area contributed by atoms with Gasteiger partial charge in [0.1, 0.15) is 5.82 Å². The maximum absolute atomic E-state index is 13.0. The van der Waals surface area contributed by atoms with Crippen molar-refractivity contribution >= 4 is 17.7 Å². The smallest absolute Gasteiger partial charge is 0.417 e. The molecule has 0 unspecified atom stereocenters. The minimum Gasteiger partial charge on any atom is -0.452 e. The molecule has 1 aliphatic rings. The summed E-state index contributed by atoms with van der Waals surface area (Å²) < 4.78 is 43.8. The normalized spacial score (nSPS) is 15.3. The standard InChI is InChI=1S/C28H28F3N3O3/c1-19(26(35)33-25(20-8-4-2-5-9-20)21-10-6-3-7-11-21)37-27(36)22-14-16-34(17-15-22)24-13-12-23(18-32-24)28(29,30)31/h2-13,18-19,22,25H,14-17H2,1H3,(H,33,35)/t19-/m1/s1. The van der Waals surface area contributed by atoms with Gasteiger partial charge in [0.25, 0.3) is 5.91 Å². The number of carbonyl (C=O) groups excluding carboxylic acids is 2. The Balaban J connectivity index is 1.32. The fourth-order valence-corrected chi connectivity index (χ4v) is 4.32. The number of aromatic nitrogens is 1. The Morgan fingerprint density at radius 1 is 0.946 bits per heavy atom. The van der Waals surface area contributed by atoms with Crippen molar-refractivity contribution in [3.05, 3.63) is 95.7 Å². The molecule has 37 heavy (non-hydrogen) atoms. The summed E-state index contributed by atoms with van der Waals surface area (Å²) in [6.07, 6.45) is -3.71. The number of hydrogen-bond acceptors (Lipinski definition) is 5. The molecule has 0 bridgehead atoms. The molecule has 4 rings (SSSR count). The number of rotatable bonds is 7. The summed E-state index contributed by atoms with van der Waals surface area (Å²) in [5, 5.41) is 2.99. The Hall–Kier alpha value is -3.88. The highest BCUT2D eigenvalue weighted by Gasteiger charge is 2.32.